The Kier molecular flexibility index (Phi) is 8.18. The molecule has 1 N–H and O–H groups in total. The summed E-state index contributed by atoms with van der Waals surface area (Å²) in [5, 5.41) is 13.4. The summed E-state index contributed by atoms with van der Waals surface area (Å²) in [6.45, 7) is 4.68. The van der Waals surface area contributed by atoms with Gasteiger partial charge in [0.05, 0.1) is 15.6 Å². The number of nitro benzene ring substituents is 1. The third-order valence-electron chi connectivity index (χ3n) is 4.17. The van der Waals surface area contributed by atoms with Crippen LogP contribution in [0.1, 0.15) is 19.4 Å². The van der Waals surface area contributed by atoms with E-state index in [-0.39, 0.29) is 28.8 Å². The van der Waals surface area contributed by atoms with Gasteiger partial charge in [-0.3, -0.25) is 14.9 Å². The SMILES string of the molecule is CCN(CC)S(=O)(=O)c1ccc(CNC(=O)CSc2ccc([N+](=O)[O-])cc2)cc1. The highest BCUT2D eigenvalue weighted by atomic mass is 32.2. The van der Waals surface area contributed by atoms with Gasteiger partial charge in [0.25, 0.3) is 5.69 Å². The molecule has 29 heavy (non-hydrogen) atoms. The number of rotatable bonds is 10. The van der Waals surface area contributed by atoms with Crippen LogP contribution < -0.4 is 5.32 Å². The lowest BCUT2D eigenvalue weighted by molar-refractivity contribution is -0.384. The molecule has 156 valence electrons. The van der Waals surface area contributed by atoms with Crippen LogP contribution >= 0.6 is 11.8 Å². The molecule has 2 aromatic rings. The van der Waals surface area contributed by atoms with Gasteiger partial charge in [0.1, 0.15) is 0 Å². The van der Waals surface area contributed by atoms with Crippen molar-refractivity contribution in [1.82, 2.24) is 9.62 Å². The maximum Gasteiger partial charge on any atom is 0.269 e. The fraction of sp³-hybridized carbons (Fsp3) is 0.316. The van der Waals surface area contributed by atoms with Crippen LogP contribution in [0.4, 0.5) is 5.69 Å². The molecule has 1 amide bonds. The van der Waals surface area contributed by atoms with Crippen molar-refractivity contribution in [2.24, 2.45) is 0 Å². The van der Waals surface area contributed by atoms with Crippen LogP contribution in [0.3, 0.4) is 0 Å². The van der Waals surface area contributed by atoms with Crippen molar-refractivity contribution < 1.29 is 18.1 Å². The maximum absolute atomic E-state index is 12.5. The lowest BCUT2D eigenvalue weighted by Gasteiger charge is -2.18. The topological polar surface area (TPSA) is 110 Å². The number of carbonyl (C=O) groups is 1. The number of thioether (sulfide) groups is 1. The molecule has 0 aliphatic rings. The second-order valence-corrected chi connectivity index (χ2v) is 9.04. The van der Waals surface area contributed by atoms with Gasteiger partial charge >= 0.3 is 0 Å². The predicted octanol–water partition coefficient (Wildman–Crippen LogP) is 3.03. The van der Waals surface area contributed by atoms with Gasteiger partial charge in [-0.15, -0.1) is 11.8 Å². The number of sulfonamides is 1. The standard InChI is InChI=1S/C19H23N3O5S2/c1-3-21(4-2)29(26,27)18-11-5-15(6-12-18)13-20-19(23)14-28-17-9-7-16(8-10-17)22(24)25/h5-12H,3-4,13-14H2,1-2H3,(H,20,23). The maximum atomic E-state index is 12.5. The Balaban J connectivity index is 1.86. The largest absolute Gasteiger partial charge is 0.351 e. The van der Waals surface area contributed by atoms with E-state index in [1.165, 1.54) is 28.2 Å². The summed E-state index contributed by atoms with van der Waals surface area (Å²) < 4.78 is 26.3. The van der Waals surface area contributed by atoms with E-state index in [0.717, 1.165) is 10.5 Å². The number of hydrogen-bond donors (Lipinski definition) is 1. The van der Waals surface area contributed by atoms with Gasteiger partial charge in [0.2, 0.25) is 15.9 Å². The van der Waals surface area contributed by atoms with Crippen LogP contribution in [0.5, 0.6) is 0 Å². The van der Waals surface area contributed by atoms with Gasteiger partial charge < -0.3 is 5.32 Å². The van der Waals surface area contributed by atoms with Gasteiger partial charge in [-0.2, -0.15) is 4.31 Å². The molecule has 0 unspecified atom stereocenters. The number of nitrogens with zero attached hydrogens (tertiary/aromatic N) is 2. The fourth-order valence-electron chi connectivity index (χ4n) is 2.56. The van der Waals surface area contributed by atoms with Crippen molar-refractivity contribution in [3.05, 3.63) is 64.2 Å². The van der Waals surface area contributed by atoms with Crippen molar-refractivity contribution in [2.75, 3.05) is 18.8 Å². The molecule has 2 aromatic carbocycles. The lowest BCUT2D eigenvalue weighted by Crippen LogP contribution is -2.30. The van der Waals surface area contributed by atoms with Crippen molar-refractivity contribution in [2.45, 2.75) is 30.2 Å². The van der Waals surface area contributed by atoms with E-state index in [2.05, 4.69) is 5.32 Å². The monoisotopic (exact) mass is 437 g/mol. The highest BCUT2D eigenvalue weighted by molar-refractivity contribution is 8.00. The Morgan fingerprint density at radius 3 is 2.17 bits per heavy atom. The molecule has 0 fully saturated rings. The first-order chi connectivity index (χ1) is 13.8. The minimum Gasteiger partial charge on any atom is -0.351 e. The van der Waals surface area contributed by atoms with Crippen LogP contribution in [-0.2, 0) is 21.4 Å². The van der Waals surface area contributed by atoms with Crippen LogP contribution in [0.15, 0.2) is 58.3 Å². The zero-order valence-electron chi connectivity index (χ0n) is 16.2. The number of benzene rings is 2. The summed E-state index contributed by atoms with van der Waals surface area (Å²) in [6, 6.07) is 12.4. The minimum absolute atomic E-state index is 0.00487. The number of nitrogens with one attached hydrogen (secondary N) is 1. The van der Waals surface area contributed by atoms with Gasteiger partial charge in [-0.05, 0) is 29.8 Å². The molecule has 0 atom stereocenters. The summed E-state index contributed by atoms with van der Waals surface area (Å²) in [4.78, 5) is 23.2. The van der Waals surface area contributed by atoms with Crippen LogP contribution in [0, 0.1) is 10.1 Å². The zero-order chi connectivity index (χ0) is 21.4. The molecular formula is C19H23N3O5S2. The highest BCUT2D eigenvalue weighted by Crippen LogP contribution is 2.21. The zero-order valence-corrected chi connectivity index (χ0v) is 17.8. The van der Waals surface area contributed by atoms with E-state index in [1.807, 2.05) is 0 Å². The Bertz CT molecular complexity index is 941. The number of amides is 1. The Labute approximate surface area is 174 Å². The van der Waals surface area contributed by atoms with Crippen molar-refractivity contribution in [3.63, 3.8) is 0 Å². The molecule has 0 saturated heterocycles. The Hall–Kier alpha value is -2.43. The normalized spacial score (nSPS) is 11.4. The summed E-state index contributed by atoms with van der Waals surface area (Å²) in [5.74, 6) is -0.0140. The van der Waals surface area contributed by atoms with Gasteiger partial charge in [-0.1, -0.05) is 26.0 Å². The lowest BCUT2D eigenvalue weighted by atomic mass is 10.2. The molecule has 0 aromatic heterocycles. The summed E-state index contributed by atoms with van der Waals surface area (Å²) >= 11 is 1.28. The molecule has 0 aliphatic heterocycles. The Morgan fingerprint density at radius 2 is 1.66 bits per heavy atom. The molecule has 0 spiro atoms. The quantitative estimate of drug-likeness (QED) is 0.348. The molecule has 0 bridgehead atoms. The van der Waals surface area contributed by atoms with E-state index in [0.29, 0.717) is 13.1 Å². The third kappa shape index (κ3) is 6.28. The van der Waals surface area contributed by atoms with Gasteiger partial charge in [0.15, 0.2) is 0 Å². The molecule has 10 heteroatoms. The molecular weight excluding hydrogens is 414 g/mol. The minimum atomic E-state index is -3.50. The highest BCUT2D eigenvalue weighted by Gasteiger charge is 2.21. The smallest absolute Gasteiger partial charge is 0.269 e. The number of nitro groups is 1. The van der Waals surface area contributed by atoms with Gasteiger partial charge in [-0.25, -0.2) is 8.42 Å². The first-order valence-electron chi connectivity index (χ1n) is 9.01. The average molecular weight is 438 g/mol. The molecule has 8 nitrogen and oxygen atoms in total. The average Bonchev–Trinajstić information content (AvgIpc) is 2.72. The molecule has 0 radical (unpaired) electrons. The van der Waals surface area contributed by atoms with E-state index in [4.69, 9.17) is 0 Å². The van der Waals surface area contributed by atoms with Crippen molar-refractivity contribution in [3.8, 4) is 0 Å². The van der Waals surface area contributed by atoms with Crippen LogP contribution in [-0.4, -0.2) is 42.4 Å². The van der Waals surface area contributed by atoms with E-state index in [1.54, 1.807) is 50.2 Å². The number of carbonyl (C=O) groups excluding carboxylic acids is 1. The third-order valence-corrected chi connectivity index (χ3v) is 7.25. The van der Waals surface area contributed by atoms with E-state index in [9.17, 15) is 23.3 Å². The first-order valence-corrected chi connectivity index (χ1v) is 11.4. The summed E-state index contributed by atoms with van der Waals surface area (Å²) in [7, 11) is -3.50. The molecule has 0 aliphatic carbocycles. The number of hydrogen-bond acceptors (Lipinski definition) is 6. The molecule has 2 rings (SSSR count). The van der Waals surface area contributed by atoms with Crippen LogP contribution in [0.2, 0.25) is 0 Å². The van der Waals surface area contributed by atoms with E-state index >= 15 is 0 Å². The number of non-ortho nitro benzene ring substituents is 1. The van der Waals surface area contributed by atoms with Crippen molar-refractivity contribution in [1.29, 1.82) is 0 Å². The fourth-order valence-corrected chi connectivity index (χ4v) is 4.74. The van der Waals surface area contributed by atoms with Gasteiger partial charge in [0, 0.05) is 36.7 Å². The van der Waals surface area contributed by atoms with E-state index < -0.39 is 14.9 Å². The van der Waals surface area contributed by atoms with Crippen molar-refractivity contribution >= 4 is 33.4 Å². The van der Waals surface area contributed by atoms with Crippen LogP contribution in [0.25, 0.3) is 0 Å². The molecule has 0 heterocycles. The Morgan fingerprint density at radius 1 is 1.07 bits per heavy atom. The molecule has 0 saturated carbocycles. The predicted molar refractivity (Wildman–Crippen MR) is 112 cm³/mol. The summed E-state index contributed by atoms with van der Waals surface area (Å²) in [6.07, 6.45) is 0. The second kappa shape index (κ2) is 10.4. The summed E-state index contributed by atoms with van der Waals surface area (Å²) in [5.41, 5.74) is 0.794. The second-order valence-electron chi connectivity index (χ2n) is 6.05. The first kappa shape index (κ1) is 22.9.